The Morgan fingerprint density at radius 2 is 2.04 bits per heavy atom. The van der Waals surface area contributed by atoms with Gasteiger partial charge in [0.2, 0.25) is 5.91 Å². The van der Waals surface area contributed by atoms with Gasteiger partial charge < -0.3 is 9.64 Å². The zero-order valence-electron chi connectivity index (χ0n) is 14.2. The third-order valence-electron chi connectivity index (χ3n) is 4.11. The van der Waals surface area contributed by atoms with Gasteiger partial charge in [0.25, 0.3) is 5.69 Å². The van der Waals surface area contributed by atoms with Gasteiger partial charge in [0.15, 0.2) is 11.6 Å². The first-order chi connectivity index (χ1) is 11.8. The fraction of sp³-hybridized carbons (Fsp3) is 0.278. The molecule has 7 heteroatoms. The van der Waals surface area contributed by atoms with E-state index in [2.05, 4.69) is 0 Å². The summed E-state index contributed by atoms with van der Waals surface area (Å²) in [6.45, 7) is 1.78. The number of methoxy groups -OCH3 is 1. The molecule has 0 aliphatic carbocycles. The van der Waals surface area contributed by atoms with Gasteiger partial charge in [-0.1, -0.05) is 18.2 Å². The third-order valence-corrected chi connectivity index (χ3v) is 4.11. The summed E-state index contributed by atoms with van der Waals surface area (Å²) in [6, 6.07) is 10.2. The van der Waals surface area contributed by atoms with Crippen LogP contribution in [0.2, 0.25) is 0 Å². The van der Waals surface area contributed by atoms with Crippen LogP contribution in [0.4, 0.5) is 10.1 Å². The predicted octanol–water partition coefficient (Wildman–Crippen LogP) is 3.50. The highest BCUT2D eigenvalue weighted by Crippen LogP contribution is 2.24. The number of hydrogen-bond acceptors (Lipinski definition) is 4. The number of ether oxygens (including phenoxy) is 1. The van der Waals surface area contributed by atoms with E-state index in [1.165, 1.54) is 36.3 Å². The smallest absolute Gasteiger partial charge is 0.269 e. The summed E-state index contributed by atoms with van der Waals surface area (Å²) >= 11 is 0. The van der Waals surface area contributed by atoms with E-state index in [1.54, 1.807) is 32.2 Å². The summed E-state index contributed by atoms with van der Waals surface area (Å²) in [5.74, 6) is -0.625. The number of nitro benzene ring substituents is 1. The van der Waals surface area contributed by atoms with Crippen molar-refractivity contribution < 1.29 is 18.8 Å². The second-order valence-corrected chi connectivity index (χ2v) is 5.68. The third kappa shape index (κ3) is 4.32. The van der Waals surface area contributed by atoms with E-state index >= 15 is 0 Å². The summed E-state index contributed by atoms with van der Waals surface area (Å²) < 4.78 is 18.6. The predicted molar refractivity (Wildman–Crippen MR) is 90.9 cm³/mol. The molecule has 0 spiro atoms. The molecular weight excluding hydrogens is 327 g/mol. The lowest BCUT2D eigenvalue weighted by atomic mass is 10.1. The largest absolute Gasteiger partial charge is 0.494 e. The van der Waals surface area contributed by atoms with E-state index in [0.717, 1.165) is 0 Å². The number of amides is 1. The Labute approximate surface area is 145 Å². The summed E-state index contributed by atoms with van der Waals surface area (Å²) in [5.41, 5.74) is 1.16. The van der Waals surface area contributed by atoms with Gasteiger partial charge in [0.1, 0.15) is 0 Å². The second-order valence-electron chi connectivity index (χ2n) is 5.68. The highest BCUT2D eigenvalue weighted by Gasteiger charge is 2.20. The number of nitrogens with zero attached hydrogens (tertiary/aromatic N) is 2. The Kier molecular flexibility index (Phi) is 5.69. The van der Waals surface area contributed by atoms with Crippen molar-refractivity contribution in [3.8, 4) is 5.75 Å². The maximum Gasteiger partial charge on any atom is 0.269 e. The molecule has 1 atom stereocenters. The van der Waals surface area contributed by atoms with Gasteiger partial charge in [-0.25, -0.2) is 4.39 Å². The molecule has 2 aromatic carbocycles. The second kappa shape index (κ2) is 7.74. The van der Waals surface area contributed by atoms with Crippen LogP contribution in [0.5, 0.6) is 5.75 Å². The fourth-order valence-electron chi connectivity index (χ4n) is 2.46. The number of non-ortho nitro benzene ring substituents is 1. The number of nitro groups is 1. The fourth-order valence-corrected chi connectivity index (χ4v) is 2.46. The number of halogens is 1. The lowest BCUT2D eigenvalue weighted by Crippen LogP contribution is -2.31. The van der Waals surface area contributed by atoms with E-state index < -0.39 is 10.7 Å². The van der Waals surface area contributed by atoms with Crippen LogP contribution in [0.1, 0.15) is 24.1 Å². The van der Waals surface area contributed by atoms with Crippen molar-refractivity contribution in [1.29, 1.82) is 0 Å². The number of hydrogen-bond donors (Lipinski definition) is 0. The highest BCUT2D eigenvalue weighted by molar-refractivity contribution is 5.79. The van der Waals surface area contributed by atoms with Gasteiger partial charge in [-0.05, 0) is 30.2 Å². The van der Waals surface area contributed by atoms with Crippen LogP contribution in [-0.4, -0.2) is 29.9 Å². The number of benzene rings is 2. The van der Waals surface area contributed by atoms with E-state index in [4.69, 9.17) is 4.74 Å². The van der Waals surface area contributed by atoms with Gasteiger partial charge in [0.05, 0.1) is 24.5 Å². The van der Waals surface area contributed by atoms with Crippen molar-refractivity contribution in [3.63, 3.8) is 0 Å². The molecule has 132 valence electrons. The van der Waals surface area contributed by atoms with Crippen molar-refractivity contribution in [3.05, 3.63) is 69.5 Å². The molecule has 0 heterocycles. The Morgan fingerprint density at radius 3 is 2.64 bits per heavy atom. The molecule has 0 radical (unpaired) electrons. The number of rotatable bonds is 6. The highest BCUT2D eigenvalue weighted by atomic mass is 19.1. The van der Waals surface area contributed by atoms with Gasteiger partial charge in [-0.2, -0.15) is 0 Å². The molecule has 1 amide bonds. The summed E-state index contributed by atoms with van der Waals surface area (Å²) in [5, 5.41) is 10.9. The minimum absolute atomic E-state index is 0.0245. The molecule has 0 aliphatic rings. The lowest BCUT2D eigenvalue weighted by Gasteiger charge is -2.25. The van der Waals surface area contributed by atoms with Crippen LogP contribution in [-0.2, 0) is 11.2 Å². The average molecular weight is 346 g/mol. The van der Waals surface area contributed by atoms with E-state index in [-0.39, 0.29) is 29.8 Å². The Bertz CT molecular complexity index is 794. The summed E-state index contributed by atoms with van der Waals surface area (Å²) in [7, 11) is 2.99. The van der Waals surface area contributed by atoms with Crippen molar-refractivity contribution >= 4 is 11.6 Å². The number of carbonyl (C=O) groups excluding carboxylic acids is 1. The Morgan fingerprint density at radius 1 is 1.32 bits per heavy atom. The van der Waals surface area contributed by atoms with Crippen LogP contribution >= 0.6 is 0 Å². The van der Waals surface area contributed by atoms with Crippen LogP contribution in [0, 0.1) is 15.9 Å². The van der Waals surface area contributed by atoms with Crippen LogP contribution in [0.25, 0.3) is 0 Å². The van der Waals surface area contributed by atoms with E-state index in [1.807, 2.05) is 0 Å². The first kappa shape index (κ1) is 18.4. The molecule has 6 nitrogen and oxygen atoms in total. The Balaban J connectivity index is 2.12. The molecule has 0 unspecified atom stereocenters. The van der Waals surface area contributed by atoms with Crippen LogP contribution in [0.15, 0.2) is 42.5 Å². The monoisotopic (exact) mass is 346 g/mol. The first-order valence-electron chi connectivity index (χ1n) is 7.66. The molecule has 0 N–H and O–H groups in total. The standard InChI is InChI=1S/C18H19FN2O4/c1-12(14-5-4-6-15(11-14)21(23)24)20(2)18(22)10-13-7-8-17(25-3)16(19)9-13/h4-9,11-12H,10H2,1-3H3/t12-/m1/s1. The average Bonchev–Trinajstić information content (AvgIpc) is 2.60. The number of likely N-dealkylation sites (N-methyl/N-ethyl adjacent to an activating group) is 1. The van der Waals surface area contributed by atoms with Crippen molar-refractivity contribution in [1.82, 2.24) is 4.90 Å². The minimum Gasteiger partial charge on any atom is -0.494 e. The molecule has 0 bridgehead atoms. The summed E-state index contributed by atoms with van der Waals surface area (Å²) in [6.07, 6.45) is 0.0245. The number of carbonyl (C=O) groups is 1. The normalized spacial score (nSPS) is 11.7. The van der Waals surface area contributed by atoms with E-state index in [9.17, 15) is 19.3 Å². The molecule has 0 aliphatic heterocycles. The molecule has 0 aromatic heterocycles. The van der Waals surface area contributed by atoms with Gasteiger partial charge in [0, 0.05) is 19.2 Å². The molecule has 2 aromatic rings. The maximum atomic E-state index is 13.7. The molecule has 25 heavy (non-hydrogen) atoms. The van der Waals surface area contributed by atoms with Gasteiger partial charge in [-0.3, -0.25) is 14.9 Å². The van der Waals surface area contributed by atoms with Crippen LogP contribution in [0.3, 0.4) is 0 Å². The SMILES string of the molecule is COc1ccc(CC(=O)N(C)[C@H](C)c2cccc([N+](=O)[O-])c2)cc1F. The topological polar surface area (TPSA) is 72.7 Å². The molecule has 0 saturated heterocycles. The summed E-state index contributed by atoms with van der Waals surface area (Å²) in [4.78, 5) is 24.3. The lowest BCUT2D eigenvalue weighted by molar-refractivity contribution is -0.384. The van der Waals surface area contributed by atoms with Gasteiger partial charge >= 0.3 is 0 Å². The van der Waals surface area contributed by atoms with Gasteiger partial charge in [-0.15, -0.1) is 0 Å². The quantitative estimate of drug-likeness (QED) is 0.593. The van der Waals surface area contributed by atoms with Crippen molar-refractivity contribution in [2.75, 3.05) is 14.2 Å². The van der Waals surface area contributed by atoms with E-state index in [0.29, 0.717) is 11.1 Å². The minimum atomic E-state index is -0.526. The molecule has 0 saturated carbocycles. The molecule has 2 rings (SSSR count). The Hall–Kier alpha value is -2.96. The van der Waals surface area contributed by atoms with Crippen LogP contribution < -0.4 is 4.74 Å². The zero-order chi connectivity index (χ0) is 18.6. The molecule has 0 fully saturated rings. The zero-order valence-corrected chi connectivity index (χ0v) is 14.2. The maximum absolute atomic E-state index is 13.7. The molecular formula is C18H19FN2O4. The van der Waals surface area contributed by atoms with Crippen molar-refractivity contribution in [2.45, 2.75) is 19.4 Å². The van der Waals surface area contributed by atoms with Crippen molar-refractivity contribution in [2.24, 2.45) is 0 Å². The first-order valence-corrected chi connectivity index (χ1v) is 7.66.